The fraction of sp³-hybridized carbons (Fsp3) is 0.409. The lowest BCUT2D eigenvalue weighted by atomic mass is 10.2. The van der Waals surface area contributed by atoms with E-state index < -0.39 is 10.0 Å². The minimum atomic E-state index is -3.79. The van der Waals surface area contributed by atoms with E-state index in [0.29, 0.717) is 24.5 Å². The van der Waals surface area contributed by atoms with Crippen LogP contribution in [-0.2, 0) is 19.5 Å². The lowest BCUT2D eigenvalue weighted by Crippen LogP contribution is -2.40. The number of rotatable bonds is 7. The van der Waals surface area contributed by atoms with E-state index >= 15 is 0 Å². The average molecular weight is 497 g/mol. The van der Waals surface area contributed by atoms with E-state index in [2.05, 4.69) is 5.32 Å². The fourth-order valence-electron chi connectivity index (χ4n) is 3.64. The van der Waals surface area contributed by atoms with Gasteiger partial charge in [-0.05, 0) is 43.2 Å². The molecule has 1 amide bonds. The fourth-order valence-corrected chi connectivity index (χ4v) is 6.67. The summed E-state index contributed by atoms with van der Waals surface area (Å²) in [7, 11) is -3.79. The Balaban J connectivity index is 1.51. The van der Waals surface area contributed by atoms with Crippen LogP contribution >= 0.6 is 23.4 Å². The van der Waals surface area contributed by atoms with Crippen molar-refractivity contribution in [2.24, 2.45) is 0 Å². The van der Waals surface area contributed by atoms with Crippen molar-refractivity contribution >= 4 is 45.0 Å². The summed E-state index contributed by atoms with van der Waals surface area (Å²) in [6.45, 7) is 2.01. The maximum atomic E-state index is 13.0. The molecule has 4 rings (SSSR count). The largest absolute Gasteiger partial charge is 0.379 e. The Morgan fingerprint density at radius 2 is 1.94 bits per heavy atom. The van der Waals surface area contributed by atoms with Gasteiger partial charge in [0.2, 0.25) is 10.0 Å². The predicted octanol–water partition coefficient (Wildman–Crippen LogP) is 3.88. The van der Waals surface area contributed by atoms with Gasteiger partial charge in [-0.25, -0.2) is 8.42 Å². The minimum Gasteiger partial charge on any atom is -0.379 e. The number of sulfonamides is 1. The van der Waals surface area contributed by atoms with Crippen molar-refractivity contribution in [2.45, 2.75) is 28.7 Å². The monoisotopic (exact) mass is 496 g/mol. The van der Waals surface area contributed by atoms with E-state index in [-0.39, 0.29) is 35.0 Å². The quantitative estimate of drug-likeness (QED) is 0.585. The summed E-state index contributed by atoms with van der Waals surface area (Å²) in [6, 6.07) is 11.9. The molecule has 2 aromatic carbocycles. The Labute approximate surface area is 197 Å². The Morgan fingerprint density at radius 3 is 2.69 bits per heavy atom. The van der Waals surface area contributed by atoms with Gasteiger partial charge in [0, 0.05) is 36.0 Å². The number of amides is 1. The molecule has 0 aliphatic carbocycles. The number of hydrogen-bond donors (Lipinski definition) is 1. The first kappa shape index (κ1) is 23.5. The third kappa shape index (κ3) is 5.47. The number of nitrogens with zero attached hydrogens (tertiary/aromatic N) is 1. The SMILES string of the molecule is O=C(Nc1ccc(Cl)c(S(=O)(=O)N2CCOCC2)c1)c1ccccc1SC[C@H]1CCCO1. The Hall–Kier alpha value is -1.62. The molecular weight excluding hydrogens is 472 g/mol. The van der Waals surface area contributed by atoms with Gasteiger partial charge in [0.25, 0.3) is 5.91 Å². The summed E-state index contributed by atoms with van der Waals surface area (Å²) in [5.74, 6) is 0.477. The predicted molar refractivity (Wildman–Crippen MR) is 125 cm³/mol. The molecule has 2 aliphatic rings. The Kier molecular flexibility index (Phi) is 7.75. The number of morpholine rings is 1. The molecule has 0 radical (unpaired) electrons. The highest BCUT2D eigenvalue weighted by Crippen LogP contribution is 2.30. The summed E-state index contributed by atoms with van der Waals surface area (Å²) in [6.07, 6.45) is 2.31. The number of halogens is 1. The molecule has 0 saturated carbocycles. The molecule has 172 valence electrons. The first-order chi connectivity index (χ1) is 15.4. The molecule has 0 aromatic heterocycles. The van der Waals surface area contributed by atoms with Gasteiger partial charge in [0.15, 0.2) is 0 Å². The molecule has 10 heteroatoms. The van der Waals surface area contributed by atoms with Crippen molar-refractivity contribution in [3.8, 4) is 0 Å². The normalized spacial score (nSPS) is 19.7. The summed E-state index contributed by atoms with van der Waals surface area (Å²) in [5, 5.41) is 2.93. The van der Waals surface area contributed by atoms with Crippen LogP contribution in [0.4, 0.5) is 5.69 Å². The number of ether oxygens (including phenoxy) is 2. The van der Waals surface area contributed by atoms with Crippen LogP contribution in [0, 0.1) is 0 Å². The van der Waals surface area contributed by atoms with Gasteiger partial charge < -0.3 is 14.8 Å². The summed E-state index contributed by atoms with van der Waals surface area (Å²) in [4.78, 5) is 13.8. The zero-order valence-electron chi connectivity index (χ0n) is 17.5. The van der Waals surface area contributed by atoms with Crippen LogP contribution in [-0.4, -0.2) is 63.4 Å². The van der Waals surface area contributed by atoms with Gasteiger partial charge in [0.05, 0.1) is 29.9 Å². The van der Waals surface area contributed by atoms with Gasteiger partial charge in [-0.2, -0.15) is 4.31 Å². The van der Waals surface area contributed by atoms with Crippen molar-refractivity contribution < 1.29 is 22.7 Å². The van der Waals surface area contributed by atoms with Crippen molar-refractivity contribution in [3.05, 3.63) is 53.1 Å². The van der Waals surface area contributed by atoms with Gasteiger partial charge in [-0.3, -0.25) is 4.79 Å². The van der Waals surface area contributed by atoms with Crippen LogP contribution in [0.2, 0.25) is 5.02 Å². The van der Waals surface area contributed by atoms with E-state index in [1.54, 1.807) is 30.0 Å². The van der Waals surface area contributed by atoms with E-state index in [1.165, 1.54) is 16.4 Å². The first-order valence-corrected chi connectivity index (χ1v) is 13.3. The molecule has 0 bridgehead atoms. The number of carbonyl (C=O) groups excluding carboxylic acids is 1. The van der Waals surface area contributed by atoms with Crippen molar-refractivity contribution in [1.29, 1.82) is 0 Å². The second kappa shape index (κ2) is 10.5. The molecule has 2 fully saturated rings. The Bertz CT molecular complexity index is 1070. The smallest absolute Gasteiger partial charge is 0.256 e. The maximum Gasteiger partial charge on any atom is 0.256 e. The number of hydrogen-bond acceptors (Lipinski definition) is 6. The third-order valence-corrected chi connectivity index (χ3v) is 8.94. The average Bonchev–Trinajstić information content (AvgIpc) is 3.33. The van der Waals surface area contributed by atoms with Gasteiger partial charge in [-0.1, -0.05) is 23.7 Å². The van der Waals surface area contributed by atoms with Crippen LogP contribution in [0.15, 0.2) is 52.3 Å². The van der Waals surface area contributed by atoms with Crippen LogP contribution in [0.25, 0.3) is 0 Å². The minimum absolute atomic E-state index is 0.0279. The van der Waals surface area contributed by atoms with Crippen LogP contribution < -0.4 is 5.32 Å². The molecule has 2 saturated heterocycles. The number of anilines is 1. The standard InChI is InChI=1S/C22H25ClN2O5S2/c23-19-8-7-16(14-21(19)32(27,28)25-9-12-29-13-10-25)24-22(26)18-5-1-2-6-20(18)31-15-17-4-3-11-30-17/h1-2,5-8,14,17H,3-4,9-13,15H2,(H,24,26)/t17-/m1/s1. The molecule has 2 heterocycles. The van der Waals surface area contributed by atoms with Crippen LogP contribution in [0.3, 0.4) is 0 Å². The van der Waals surface area contributed by atoms with E-state index in [4.69, 9.17) is 21.1 Å². The highest BCUT2D eigenvalue weighted by molar-refractivity contribution is 7.99. The number of thioether (sulfide) groups is 1. The number of carbonyl (C=O) groups is 1. The topological polar surface area (TPSA) is 84.9 Å². The second-order valence-electron chi connectivity index (χ2n) is 7.56. The van der Waals surface area contributed by atoms with E-state index in [0.717, 1.165) is 30.1 Å². The first-order valence-electron chi connectivity index (χ1n) is 10.5. The van der Waals surface area contributed by atoms with Gasteiger partial charge >= 0.3 is 0 Å². The third-order valence-electron chi connectivity index (χ3n) is 5.36. The molecule has 2 aromatic rings. The highest BCUT2D eigenvalue weighted by Gasteiger charge is 2.29. The zero-order valence-corrected chi connectivity index (χ0v) is 19.8. The molecule has 0 unspecified atom stereocenters. The summed E-state index contributed by atoms with van der Waals surface area (Å²) < 4.78 is 38.3. The number of benzene rings is 2. The van der Waals surface area contributed by atoms with Gasteiger partial charge in [-0.15, -0.1) is 11.8 Å². The molecule has 1 atom stereocenters. The van der Waals surface area contributed by atoms with Crippen molar-refractivity contribution in [3.63, 3.8) is 0 Å². The molecule has 2 aliphatic heterocycles. The van der Waals surface area contributed by atoms with Crippen LogP contribution in [0.5, 0.6) is 0 Å². The van der Waals surface area contributed by atoms with E-state index in [1.807, 2.05) is 12.1 Å². The summed E-state index contributed by atoms with van der Waals surface area (Å²) >= 11 is 7.81. The Morgan fingerprint density at radius 1 is 1.16 bits per heavy atom. The van der Waals surface area contributed by atoms with Crippen LogP contribution in [0.1, 0.15) is 23.2 Å². The molecule has 1 N–H and O–H groups in total. The highest BCUT2D eigenvalue weighted by atomic mass is 35.5. The summed E-state index contributed by atoms with van der Waals surface area (Å²) in [5.41, 5.74) is 0.896. The molecule has 7 nitrogen and oxygen atoms in total. The van der Waals surface area contributed by atoms with Gasteiger partial charge in [0.1, 0.15) is 4.90 Å². The molecule has 0 spiro atoms. The van der Waals surface area contributed by atoms with Crippen molar-refractivity contribution in [2.75, 3.05) is 44.0 Å². The second-order valence-corrected chi connectivity index (χ2v) is 10.9. The molecule has 32 heavy (non-hydrogen) atoms. The maximum absolute atomic E-state index is 13.0. The lowest BCUT2D eigenvalue weighted by molar-refractivity contribution is 0.0730. The van der Waals surface area contributed by atoms with E-state index in [9.17, 15) is 13.2 Å². The van der Waals surface area contributed by atoms with Crippen molar-refractivity contribution in [1.82, 2.24) is 4.31 Å². The number of nitrogens with one attached hydrogen (secondary N) is 1. The zero-order chi connectivity index (χ0) is 22.6. The molecular formula is C22H25ClN2O5S2. The lowest BCUT2D eigenvalue weighted by Gasteiger charge is -2.26.